The Morgan fingerprint density at radius 1 is 1.73 bits per heavy atom. The molecule has 62 valence electrons. The average molecular weight is 176 g/mol. The molecular formula is C5H8N2O3S. The van der Waals surface area contributed by atoms with Crippen molar-refractivity contribution in [3.05, 3.63) is 12.0 Å². The maximum absolute atomic E-state index is 10.7. The highest BCUT2D eigenvalue weighted by Crippen LogP contribution is 2.07. The maximum Gasteiger partial charge on any atom is 0.292 e. The van der Waals surface area contributed by atoms with Crippen LogP contribution in [0.4, 0.5) is 6.01 Å². The molecule has 5 nitrogen and oxygen atoms in total. The van der Waals surface area contributed by atoms with Crippen LogP contribution in [0.5, 0.6) is 0 Å². The number of rotatable bonds is 2. The number of aromatic nitrogens is 1. The Balaban J connectivity index is 2.81. The molecular weight excluding hydrogens is 168 g/mol. The van der Waals surface area contributed by atoms with E-state index in [1.165, 1.54) is 6.20 Å². The molecule has 6 heteroatoms. The average Bonchev–Trinajstić information content (AvgIpc) is 2.10. The summed E-state index contributed by atoms with van der Waals surface area (Å²) in [5.74, 6) is 0.113. The molecule has 1 aromatic rings. The zero-order valence-electron chi connectivity index (χ0n) is 5.94. The zero-order chi connectivity index (χ0) is 8.48. The van der Waals surface area contributed by atoms with Gasteiger partial charge in [0.1, 0.15) is 11.5 Å². The van der Waals surface area contributed by atoms with Gasteiger partial charge in [0.05, 0.1) is 6.20 Å². The van der Waals surface area contributed by atoms with Gasteiger partial charge in [0, 0.05) is 6.26 Å². The summed E-state index contributed by atoms with van der Waals surface area (Å²) in [5, 5.41) is 0. The standard InChI is InChI=1S/C5H8N2O3S/c1-11(8,9)3-4-2-7-5(6)10-4/h2H,3H2,1H3,(H2,6,7). The van der Waals surface area contributed by atoms with E-state index >= 15 is 0 Å². The van der Waals surface area contributed by atoms with Crippen LogP contribution in [0, 0.1) is 0 Å². The van der Waals surface area contributed by atoms with Crippen LogP contribution in [0.1, 0.15) is 5.76 Å². The Kier molecular flexibility index (Phi) is 1.86. The van der Waals surface area contributed by atoms with Gasteiger partial charge in [-0.3, -0.25) is 0 Å². The van der Waals surface area contributed by atoms with Gasteiger partial charge in [-0.1, -0.05) is 0 Å². The van der Waals surface area contributed by atoms with E-state index in [4.69, 9.17) is 10.2 Å². The largest absolute Gasteiger partial charge is 0.428 e. The molecule has 0 amide bonds. The molecule has 1 heterocycles. The zero-order valence-corrected chi connectivity index (χ0v) is 6.76. The minimum atomic E-state index is -3.05. The molecule has 0 aliphatic heterocycles. The summed E-state index contributed by atoms with van der Waals surface area (Å²) in [6, 6.07) is -0.0105. The number of sulfone groups is 1. The van der Waals surface area contributed by atoms with Crippen molar-refractivity contribution in [1.82, 2.24) is 4.98 Å². The fourth-order valence-corrected chi connectivity index (χ4v) is 1.30. The quantitative estimate of drug-likeness (QED) is 0.674. The van der Waals surface area contributed by atoms with Crippen LogP contribution in [0.25, 0.3) is 0 Å². The number of nitrogens with two attached hydrogens (primary N) is 1. The molecule has 0 saturated heterocycles. The Hall–Kier alpha value is -1.04. The van der Waals surface area contributed by atoms with Crippen molar-refractivity contribution in [2.45, 2.75) is 5.75 Å². The number of nitrogens with zero attached hydrogens (tertiary/aromatic N) is 1. The summed E-state index contributed by atoms with van der Waals surface area (Å²) < 4.78 is 26.1. The lowest BCUT2D eigenvalue weighted by Gasteiger charge is -1.90. The fraction of sp³-hybridized carbons (Fsp3) is 0.400. The smallest absolute Gasteiger partial charge is 0.292 e. The second-order valence-corrected chi connectivity index (χ2v) is 4.38. The van der Waals surface area contributed by atoms with E-state index in [0.717, 1.165) is 6.26 Å². The monoisotopic (exact) mass is 176 g/mol. The second kappa shape index (κ2) is 2.54. The number of oxazole rings is 1. The van der Waals surface area contributed by atoms with Gasteiger partial charge < -0.3 is 10.2 Å². The molecule has 0 aliphatic rings. The molecule has 0 bridgehead atoms. The molecule has 0 unspecified atom stereocenters. The molecule has 0 atom stereocenters. The van der Waals surface area contributed by atoms with Gasteiger partial charge in [0.15, 0.2) is 9.84 Å². The van der Waals surface area contributed by atoms with Crippen LogP contribution >= 0.6 is 0 Å². The number of anilines is 1. The molecule has 1 aromatic heterocycles. The van der Waals surface area contributed by atoms with E-state index < -0.39 is 9.84 Å². The first kappa shape index (κ1) is 8.06. The third kappa shape index (κ3) is 2.58. The topological polar surface area (TPSA) is 86.2 Å². The molecule has 11 heavy (non-hydrogen) atoms. The maximum atomic E-state index is 10.7. The summed E-state index contributed by atoms with van der Waals surface area (Å²) in [5.41, 5.74) is 5.12. The van der Waals surface area contributed by atoms with E-state index in [-0.39, 0.29) is 17.5 Å². The van der Waals surface area contributed by atoms with Gasteiger partial charge in [-0.2, -0.15) is 0 Å². The number of nitrogen functional groups attached to an aromatic ring is 1. The molecule has 0 aliphatic carbocycles. The Morgan fingerprint density at radius 2 is 2.36 bits per heavy atom. The normalized spacial score (nSPS) is 11.7. The fourth-order valence-electron chi connectivity index (χ4n) is 0.648. The van der Waals surface area contributed by atoms with Crippen molar-refractivity contribution >= 4 is 15.9 Å². The highest BCUT2D eigenvalue weighted by Gasteiger charge is 2.08. The van der Waals surface area contributed by atoms with Crippen molar-refractivity contribution in [2.75, 3.05) is 12.0 Å². The molecule has 2 N–H and O–H groups in total. The van der Waals surface area contributed by atoms with E-state index in [9.17, 15) is 8.42 Å². The Bertz CT molecular complexity index is 340. The molecule has 1 rings (SSSR count). The van der Waals surface area contributed by atoms with Crippen molar-refractivity contribution in [3.63, 3.8) is 0 Å². The van der Waals surface area contributed by atoms with Crippen molar-refractivity contribution in [1.29, 1.82) is 0 Å². The molecule has 0 radical (unpaired) electrons. The van der Waals surface area contributed by atoms with Crippen LogP contribution in [0.2, 0.25) is 0 Å². The van der Waals surface area contributed by atoms with E-state index in [2.05, 4.69) is 4.98 Å². The summed E-state index contributed by atoms with van der Waals surface area (Å²) in [6.07, 6.45) is 2.42. The third-order valence-electron chi connectivity index (χ3n) is 0.976. The summed E-state index contributed by atoms with van der Waals surface area (Å²) in [6.45, 7) is 0. The predicted molar refractivity (Wildman–Crippen MR) is 39.5 cm³/mol. The highest BCUT2D eigenvalue weighted by molar-refractivity contribution is 7.89. The second-order valence-electron chi connectivity index (χ2n) is 2.23. The SMILES string of the molecule is CS(=O)(=O)Cc1cnc(N)o1. The first-order chi connectivity index (χ1) is 4.97. The highest BCUT2D eigenvalue weighted by atomic mass is 32.2. The van der Waals surface area contributed by atoms with Gasteiger partial charge in [-0.15, -0.1) is 0 Å². The van der Waals surface area contributed by atoms with Gasteiger partial charge in [0.25, 0.3) is 6.01 Å². The van der Waals surface area contributed by atoms with Crippen molar-refractivity contribution < 1.29 is 12.8 Å². The van der Waals surface area contributed by atoms with Gasteiger partial charge in [0.2, 0.25) is 0 Å². The van der Waals surface area contributed by atoms with Gasteiger partial charge in [-0.05, 0) is 0 Å². The van der Waals surface area contributed by atoms with E-state index in [0.29, 0.717) is 0 Å². The lowest BCUT2D eigenvalue weighted by molar-refractivity contribution is 0.534. The minimum absolute atomic E-state index is 0.0105. The Labute approximate surface area is 64.1 Å². The lowest BCUT2D eigenvalue weighted by Crippen LogP contribution is -1.98. The molecule has 0 saturated carbocycles. The van der Waals surface area contributed by atoms with Gasteiger partial charge >= 0.3 is 0 Å². The predicted octanol–water partition coefficient (Wildman–Crippen LogP) is -0.199. The first-order valence-corrected chi connectivity index (χ1v) is 4.91. The van der Waals surface area contributed by atoms with Crippen LogP contribution in [-0.4, -0.2) is 19.7 Å². The van der Waals surface area contributed by atoms with Crippen LogP contribution < -0.4 is 5.73 Å². The van der Waals surface area contributed by atoms with Crippen molar-refractivity contribution in [3.8, 4) is 0 Å². The number of hydrogen-bond donors (Lipinski definition) is 1. The lowest BCUT2D eigenvalue weighted by atomic mass is 10.6. The molecule has 0 spiro atoms. The molecule has 0 aromatic carbocycles. The summed E-state index contributed by atoms with van der Waals surface area (Å²) in [4.78, 5) is 3.55. The van der Waals surface area contributed by atoms with Crippen LogP contribution in [0.15, 0.2) is 10.6 Å². The summed E-state index contributed by atoms with van der Waals surface area (Å²) >= 11 is 0. The van der Waals surface area contributed by atoms with Crippen LogP contribution in [-0.2, 0) is 15.6 Å². The Morgan fingerprint density at radius 3 is 2.73 bits per heavy atom. The van der Waals surface area contributed by atoms with Crippen LogP contribution in [0.3, 0.4) is 0 Å². The van der Waals surface area contributed by atoms with E-state index in [1.54, 1.807) is 0 Å². The first-order valence-electron chi connectivity index (χ1n) is 2.85. The molecule has 0 fully saturated rings. The number of hydrogen-bond acceptors (Lipinski definition) is 5. The van der Waals surface area contributed by atoms with Gasteiger partial charge in [-0.25, -0.2) is 13.4 Å². The van der Waals surface area contributed by atoms with Crippen molar-refractivity contribution in [2.24, 2.45) is 0 Å². The van der Waals surface area contributed by atoms with E-state index in [1.807, 2.05) is 0 Å². The minimum Gasteiger partial charge on any atom is -0.428 e. The summed E-state index contributed by atoms with van der Waals surface area (Å²) in [7, 11) is -3.05. The third-order valence-corrected chi connectivity index (χ3v) is 1.78.